The van der Waals surface area contributed by atoms with Crippen LogP contribution >= 0.6 is 23.7 Å². The molecular formula is C19H30ClNO3S. The lowest BCUT2D eigenvalue weighted by molar-refractivity contribution is -0.0600. The third-order valence-electron chi connectivity index (χ3n) is 6.07. The highest BCUT2D eigenvalue weighted by atomic mass is 35.5. The molecule has 1 saturated carbocycles. The molecule has 0 radical (unpaired) electrons. The Morgan fingerprint density at radius 1 is 1.24 bits per heavy atom. The molecule has 1 saturated heterocycles. The fourth-order valence-electron chi connectivity index (χ4n) is 4.29. The number of thiophene rings is 1. The summed E-state index contributed by atoms with van der Waals surface area (Å²) in [5, 5.41) is 1.96. The van der Waals surface area contributed by atoms with E-state index in [-0.39, 0.29) is 18.4 Å². The van der Waals surface area contributed by atoms with Gasteiger partial charge >= 0.3 is 5.97 Å². The van der Waals surface area contributed by atoms with Crippen molar-refractivity contribution in [3.05, 3.63) is 21.4 Å². The first-order valence-corrected chi connectivity index (χ1v) is 9.86. The van der Waals surface area contributed by atoms with Crippen LogP contribution in [0.1, 0.15) is 59.3 Å². The summed E-state index contributed by atoms with van der Waals surface area (Å²) in [6.45, 7) is 6.60. The average molecular weight is 388 g/mol. The summed E-state index contributed by atoms with van der Waals surface area (Å²) >= 11 is 1.72. The first kappa shape index (κ1) is 20.7. The van der Waals surface area contributed by atoms with Crippen LogP contribution in [0.4, 0.5) is 0 Å². The number of methoxy groups -OCH3 is 2. The maximum atomic E-state index is 11.8. The standard InChI is InChI=1S/C19H29NO3S.ClH/c1-12(18-13(2)17(11-24-18)19(21)23-4)14-5-7-15(8-6-14)20-9-16(10-20)22-3;/h11-12,14-16H,5-10H2,1-4H3;1H/t12?,14-,15-;. The van der Waals surface area contributed by atoms with E-state index in [1.165, 1.54) is 37.7 Å². The predicted molar refractivity (Wildman–Crippen MR) is 104 cm³/mol. The van der Waals surface area contributed by atoms with Crippen LogP contribution in [0.2, 0.25) is 0 Å². The van der Waals surface area contributed by atoms with Gasteiger partial charge in [-0.15, -0.1) is 23.7 Å². The minimum Gasteiger partial charge on any atom is -0.465 e. The third kappa shape index (κ3) is 4.21. The topological polar surface area (TPSA) is 38.8 Å². The minimum atomic E-state index is -0.212. The van der Waals surface area contributed by atoms with Crippen molar-refractivity contribution in [1.29, 1.82) is 0 Å². The molecule has 0 bridgehead atoms. The van der Waals surface area contributed by atoms with Crippen molar-refractivity contribution in [1.82, 2.24) is 4.90 Å². The summed E-state index contributed by atoms with van der Waals surface area (Å²) in [7, 11) is 3.26. The van der Waals surface area contributed by atoms with Gasteiger partial charge in [0.1, 0.15) is 0 Å². The maximum absolute atomic E-state index is 11.8. The van der Waals surface area contributed by atoms with Crippen LogP contribution in [-0.2, 0) is 9.47 Å². The molecule has 1 unspecified atom stereocenters. The number of likely N-dealkylation sites (tertiary alicyclic amines) is 1. The van der Waals surface area contributed by atoms with E-state index < -0.39 is 0 Å². The number of halogens is 1. The van der Waals surface area contributed by atoms with Gasteiger partial charge in [-0.3, -0.25) is 4.90 Å². The fourth-order valence-corrected chi connectivity index (χ4v) is 5.50. The summed E-state index contributed by atoms with van der Waals surface area (Å²) in [6, 6.07) is 0.745. The van der Waals surface area contributed by atoms with E-state index in [0.717, 1.165) is 36.2 Å². The molecule has 25 heavy (non-hydrogen) atoms. The maximum Gasteiger partial charge on any atom is 0.338 e. The molecule has 6 heteroatoms. The van der Waals surface area contributed by atoms with Crippen molar-refractivity contribution >= 4 is 29.7 Å². The van der Waals surface area contributed by atoms with E-state index in [0.29, 0.717) is 12.0 Å². The quantitative estimate of drug-likeness (QED) is 0.707. The Balaban J connectivity index is 0.00000225. The van der Waals surface area contributed by atoms with E-state index in [2.05, 4.69) is 18.7 Å². The number of rotatable bonds is 5. The number of carbonyl (C=O) groups excluding carboxylic acids is 1. The molecule has 3 rings (SSSR count). The smallest absolute Gasteiger partial charge is 0.338 e. The van der Waals surface area contributed by atoms with Crippen molar-refractivity contribution in [3.8, 4) is 0 Å². The molecule has 2 heterocycles. The molecule has 142 valence electrons. The largest absolute Gasteiger partial charge is 0.465 e. The molecule has 2 aliphatic rings. The van der Waals surface area contributed by atoms with Crippen LogP contribution in [-0.4, -0.2) is 50.3 Å². The van der Waals surface area contributed by atoms with Crippen molar-refractivity contribution < 1.29 is 14.3 Å². The second-order valence-corrected chi connectivity index (χ2v) is 8.21. The van der Waals surface area contributed by atoms with Gasteiger partial charge < -0.3 is 9.47 Å². The highest BCUT2D eigenvalue weighted by molar-refractivity contribution is 7.10. The van der Waals surface area contributed by atoms with E-state index in [1.54, 1.807) is 11.3 Å². The summed E-state index contributed by atoms with van der Waals surface area (Å²) in [4.78, 5) is 15.8. The van der Waals surface area contributed by atoms with Gasteiger partial charge in [-0.2, -0.15) is 0 Å². The van der Waals surface area contributed by atoms with Gasteiger partial charge in [0.15, 0.2) is 0 Å². The zero-order valence-electron chi connectivity index (χ0n) is 15.6. The average Bonchev–Trinajstić information content (AvgIpc) is 2.95. The lowest BCUT2D eigenvalue weighted by atomic mass is 9.77. The molecule has 1 atom stereocenters. The van der Waals surface area contributed by atoms with Crippen LogP contribution in [0.5, 0.6) is 0 Å². The van der Waals surface area contributed by atoms with Crippen LogP contribution < -0.4 is 0 Å². The summed E-state index contributed by atoms with van der Waals surface area (Å²) < 4.78 is 10.3. The van der Waals surface area contributed by atoms with Crippen LogP contribution in [0.3, 0.4) is 0 Å². The zero-order chi connectivity index (χ0) is 17.3. The SMILES string of the molecule is COC(=O)c1csc(C(C)[C@H]2CC[C@H](N3CC(OC)C3)CC2)c1C.Cl. The zero-order valence-corrected chi connectivity index (χ0v) is 17.3. The Kier molecular flexibility index (Phi) is 7.32. The number of carbonyl (C=O) groups is 1. The Labute approximate surface area is 161 Å². The summed E-state index contributed by atoms with van der Waals surface area (Å²) in [6.07, 6.45) is 5.60. The van der Waals surface area contributed by atoms with Gasteiger partial charge in [-0.1, -0.05) is 6.92 Å². The summed E-state index contributed by atoms with van der Waals surface area (Å²) in [5.41, 5.74) is 1.86. The van der Waals surface area contributed by atoms with Crippen LogP contribution in [0, 0.1) is 12.8 Å². The third-order valence-corrected chi connectivity index (χ3v) is 7.36. The number of hydrogen-bond donors (Lipinski definition) is 0. The molecule has 0 amide bonds. The van der Waals surface area contributed by atoms with Gasteiger partial charge in [-0.05, 0) is 50.0 Å². The number of nitrogens with zero attached hydrogens (tertiary/aromatic N) is 1. The Morgan fingerprint density at radius 3 is 2.44 bits per heavy atom. The molecule has 1 aromatic rings. The van der Waals surface area contributed by atoms with Gasteiger partial charge in [0.25, 0.3) is 0 Å². The normalized spacial score (nSPS) is 25.8. The second kappa shape index (κ2) is 8.85. The Hall–Kier alpha value is -0.620. The van der Waals surface area contributed by atoms with Gasteiger partial charge in [0.05, 0.1) is 18.8 Å². The molecule has 0 spiro atoms. The van der Waals surface area contributed by atoms with Crippen molar-refractivity contribution in [2.24, 2.45) is 5.92 Å². The van der Waals surface area contributed by atoms with E-state index in [9.17, 15) is 4.79 Å². The van der Waals surface area contributed by atoms with E-state index >= 15 is 0 Å². The molecule has 1 aliphatic carbocycles. The van der Waals surface area contributed by atoms with Crippen molar-refractivity contribution in [2.75, 3.05) is 27.3 Å². The van der Waals surface area contributed by atoms with Crippen LogP contribution in [0.15, 0.2) is 5.38 Å². The first-order valence-electron chi connectivity index (χ1n) is 8.98. The lowest BCUT2D eigenvalue weighted by Crippen LogP contribution is -2.56. The molecule has 1 aromatic heterocycles. The first-order chi connectivity index (χ1) is 11.5. The van der Waals surface area contributed by atoms with Gasteiger partial charge in [0, 0.05) is 36.5 Å². The lowest BCUT2D eigenvalue weighted by Gasteiger charge is -2.46. The van der Waals surface area contributed by atoms with E-state index in [1.807, 2.05) is 12.5 Å². The van der Waals surface area contributed by atoms with Gasteiger partial charge in [0.2, 0.25) is 0 Å². The second-order valence-electron chi connectivity index (χ2n) is 7.30. The summed E-state index contributed by atoms with van der Waals surface area (Å²) in [5.74, 6) is 1.04. The molecule has 1 aliphatic heterocycles. The molecule has 0 N–H and O–H groups in total. The Bertz CT molecular complexity index is 577. The number of hydrogen-bond acceptors (Lipinski definition) is 5. The number of ether oxygens (including phenoxy) is 2. The fraction of sp³-hybridized carbons (Fsp3) is 0.737. The van der Waals surface area contributed by atoms with Gasteiger partial charge in [-0.25, -0.2) is 4.79 Å². The Morgan fingerprint density at radius 2 is 1.88 bits per heavy atom. The highest BCUT2D eigenvalue weighted by Crippen LogP contribution is 2.41. The molecule has 2 fully saturated rings. The molecule has 0 aromatic carbocycles. The monoisotopic (exact) mass is 387 g/mol. The van der Waals surface area contributed by atoms with Crippen molar-refractivity contribution in [2.45, 2.75) is 57.6 Å². The minimum absolute atomic E-state index is 0. The number of esters is 1. The highest BCUT2D eigenvalue weighted by Gasteiger charge is 2.36. The van der Waals surface area contributed by atoms with E-state index in [4.69, 9.17) is 9.47 Å². The predicted octanol–water partition coefficient (Wildman–Crippen LogP) is 4.26. The molecular weight excluding hydrogens is 358 g/mol. The molecule has 4 nitrogen and oxygen atoms in total. The van der Waals surface area contributed by atoms with Crippen LogP contribution in [0.25, 0.3) is 0 Å². The van der Waals surface area contributed by atoms with Crippen molar-refractivity contribution in [3.63, 3.8) is 0 Å².